The quantitative estimate of drug-likeness (QED) is 0.817. The number of carbonyl (C=O) groups excluding carboxylic acids is 1. The first-order valence-electron chi connectivity index (χ1n) is 8.42. The molecule has 0 radical (unpaired) electrons. The van der Waals surface area contributed by atoms with Gasteiger partial charge in [-0.1, -0.05) is 0 Å². The van der Waals surface area contributed by atoms with Crippen molar-refractivity contribution in [1.29, 1.82) is 0 Å². The number of aromatic nitrogens is 2. The topological polar surface area (TPSA) is 95.0 Å². The van der Waals surface area contributed by atoms with Crippen molar-refractivity contribution in [2.75, 3.05) is 52.9 Å². The molecule has 0 bridgehead atoms. The smallest absolute Gasteiger partial charge is 0.257 e. The van der Waals surface area contributed by atoms with Gasteiger partial charge in [-0.15, -0.1) is 0 Å². The summed E-state index contributed by atoms with van der Waals surface area (Å²) >= 11 is 0. The van der Waals surface area contributed by atoms with Gasteiger partial charge in [0.1, 0.15) is 0 Å². The SMILES string of the molecule is COc1cc(Nc2ncc(C(=O)N3CCOCC3)cn2)cc(OC)c1OC. The molecule has 3 rings (SSSR count). The molecular weight excluding hydrogens is 352 g/mol. The monoisotopic (exact) mass is 374 g/mol. The van der Waals surface area contributed by atoms with Crippen molar-refractivity contribution < 1.29 is 23.7 Å². The maximum Gasteiger partial charge on any atom is 0.257 e. The number of morpholine rings is 1. The highest BCUT2D eigenvalue weighted by Crippen LogP contribution is 2.40. The molecule has 2 aromatic rings. The van der Waals surface area contributed by atoms with Gasteiger partial charge in [0.15, 0.2) is 11.5 Å². The van der Waals surface area contributed by atoms with Crippen molar-refractivity contribution in [3.8, 4) is 17.2 Å². The zero-order valence-corrected chi connectivity index (χ0v) is 15.5. The summed E-state index contributed by atoms with van der Waals surface area (Å²) in [5.41, 5.74) is 1.10. The van der Waals surface area contributed by atoms with Crippen LogP contribution in [-0.2, 0) is 4.74 Å². The lowest BCUT2D eigenvalue weighted by atomic mass is 10.2. The average Bonchev–Trinajstić information content (AvgIpc) is 2.73. The van der Waals surface area contributed by atoms with Crippen molar-refractivity contribution in [1.82, 2.24) is 14.9 Å². The lowest BCUT2D eigenvalue weighted by Gasteiger charge is -2.26. The Hall–Kier alpha value is -3.07. The second-order valence-electron chi connectivity index (χ2n) is 5.74. The number of hydrogen-bond acceptors (Lipinski definition) is 8. The molecule has 0 spiro atoms. The van der Waals surface area contributed by atoms with E-state index in [1.165, 1.54) is 12.4 Å². The van der Waals surface area contributed by atoms with E-state index in [4.69, 9.17) is 18.9 Å². The molecule has 27 heavy (non-hydrogen) atoms. The van der Waals surface area contributed by atoms with Crippen LogP contribution in [0.2, 0.25) is 0 Å². The Morgan fingerprint density at radius 3 is 2.15 bits per heavy atom. The molecule has 9 nitrogen and oxygen atoms in total. The van der Waals surface area contributed by atoms with Crippen LogP contribution >= 0.6 is 0 Å². The number of amides is 1. The van der Waals surface area contributed by atoms with Crippen LogP contribution in [0.1, 0.15) is 10.4 Å². The molecule has 1 amide bonds. The van der Waals surface area contributed by atoms with E-state index in [0.29, 0.717) is 60.8 Å². The fourth-order valence-electron chi connectivity index (χ4n) is 2.73. The molecule has 144 valence electrons. The molecule has 9 heteroatoms. The minimum Gasteiger partial charge on any atom is -0.493 e. The summed E-state index contributed by atoms with van der Waals surface area (Å²) in [5, 5.41) is 3.07. The highest BCUT2D eigenvalue weighted by Gasteiger charge is 2.19. The molecule has 1 saturated heterocycles. The first-order chi connectivity index (χ1) is 13.2. The van der Waals surface area contributed by atoms with E-state index in [1.54, 1.807) is 38.4 Å². The highest BCUT2D eigenvalue weighted by molar-refractivity contribution is 5.93. The Labute approximate surface area is 157 Å². The van der Waals surface area contributed by atoms with Crippen LogP contribution in [0.3, 0.4) is 0 Å². The second-order valence-corrected chi connectivity index (χ2v) is 5.74. The molecule has 1 fully saturated rings. The van der Waals surface area contributed by atoms with E-state index in [-0.39, 0.29) is 5.91 Å². The van der Waals surface area contributed by atoms with Gasteiger partial charge in [-0.3, -0.25) is 4.79 Å². The Balaban J connectivity index is 1.75. The number of hydrogen-bond donors (Lipinski definition) is 1. The Morgan fingerprint density at radius 2 is 1.63 bits per heavy atom. The van der Waals surface area contributed by atoms with Crippen LogP contribution in [0, 0.1) is 0 Å². The van der Waals surface area contributed by atoms with Gasteiger partial charge in [0.2, 0.25) is 11.7 Å². The maximum absolute atomic E-state index is 12.4. The summed E-state index contributed by atoms with van der Waals surface area (Å²) in [6.07, 6.45) is 3.01. The fraction of sp³-hybridized carbons (Fsp3) is 0.389. The molecule has 0 saturated carbocycles. The normalized spacial score (nSPS) is 13.8. The third-order valence-electron chi connectivity index (χ3n) is 4.12. The largest absolute Gasteiger partial charge is 0.493 e. The van der Waals surface area contributed by atoms with Crippen LogP contribution in [0.5, 0.6) is 17.2 Å². The minimum atomic E-state index is -0.0994. The standard InChI is InChI=1S/C18H22N4O5/c1-24-14-8-13(9-15(25-2)16(14)26-3)21-18-19-10-12(11-20-18)17(23)22-4-6-27-7-5-22/h8-11H,4-7H2,1-3H3,(H,19,20,21). The molecule has 0 atom stereocenters. The maximum atomic E-state index is 12.4. The lowest BCUT2D eigenvalue weighted by Crippen LogP contribution is -2.40. The first-order valence-corrected chi connectivity index (χ1v) is 8.42. The molecule has 2 heterocycles. The number of benzene rings is 1. The van der Waals surface area contributed by atoms with E-state index >= 15 is 0 Å². The van der Waals surface area contributed by atoms with Crippen LogP contribution in [-0.4, -0.2) is 68.4 Å². The summed E-state index contributed by atoms with van der Waals surface area (Å²) in [7, 11) is 4.63. The number of nitrogens with one attached hydrogen (secondary N) is 1. The van der Waals surface area contributed by atoms with E-state index in [2.05, 4.69) is 15.3 Å². The molecule has 1 aromatic carbocycles. The fourth-order valence-corrected chi connectivity index (χ4v) is 2.73. The van der Waals surface area contributed by atoms with Gasteiger partial charge in [0.05, 0.1) is 40.1 Å². The lowest BCUT2D eigenvalue weighted by molar-refractivity contribution is 0.0302. The molecular formula is C18H22N4O5. The number of nitrogens with zero attached hydrogens (tertiary/aromatic N) is 3. The van der Waals surface area contributed by atoms with Gasteiger partial charge in [-0.2, -0.15) is 0 Å². The Morgan fingerprint density at radius 1 is 1.04 bits per heavy atom. The second kappa shape index (κ2) is 8.54. The van der Waals surface area contributed by atoms with Crippen LogP contribution in [0.15, 0.2) is 24.5 Å². The first kappa shape index (κ1) is 18.7. The van der Waals surface area contributed by atoms with E-state index in [0.717, 1.165) is 0 Å². The highest BCUT2D eigenvalue weighted by atomic mass is 16.5. The van der Waals surface area contributed by atoms with Crippen molar-refractivity contribution in [3.63, 3.8) is 0 Å². The van der Waals surface area contributed by atoms with Gasteiger partial charge in [0, 0.05) is 43.3 Å². The van der Waals surface area contributed by atoms with E-state index in [1.807, 2.05) is 0 Å². The van der Waals surface area contributed by atoms with Crippen molar-refractivity contribution in [2.45, 2.75) is 0 Å². The molecule has 1 aliphatic rings. The molecule has 1 aliphatic heterocycles. The zero-order valence-electron chi connectivity index (χ0n) is 15.5. The molecule has 0 unspecified atom stereocenters. The van der Waals surface area contributed by atoms with Crippen LogP contribution in [0.4, 0.5) is 11.6 Å². The summed E-state index contributed by atoms with van der Waals surface area (Å²) in [6.45, 7) is 2.25. The summed E-state index contributed by atoms with van der Waals surface area (Å²) in [5.74, 6) is 1.77. The molecule has 1 aromatic heterocycles. The number of carbonyl (C=O) groups is 1. The Kier molecular flexibility index (Phi) is 5.92. The van der Waals surface area contributed by atoms with E-state index in [9.17, 15) is 4.79 Å². The number of anilines is 2. The number of methoxy groups -OCH3 is 3. The van der Waals surface area contributed by atoms with Gasteiger partial charge in [0.25, 0.3) is 5.91 Å². The third-order valence-corrected chi connectivity index (χ3v) is 4.12. The summed E-state index contributed by atoms with van der Waals surface area (Å²) in [4.78, 5) is 22.6. The zero-order chi connectivity index (χ0) is 19.2. The average molecular weight is 374 g/mol. The predicted octanol–water partition coefficient (Wildman–Crippen LogP) is 1.72. The molecule has 0 aliphatic carbocycles. The van der Waals surface area contributed by atoms with Crippen molar-refractivity contribution in [2.24, 2.45) is 0 Å². The van der Waals surface area contributed by atoms with Gasteiger partial charge < -0.3 is 29.2 Å². The van der Waals surface area contributed by atoms with Gasteiger partial charge >= 0.3 is 0 Å². The van der Waals surface area contributed by atoms with Crippen LogP contribution in [0.25, 0.3) is 0 Å². The van der Waals surface area contributed by atoms with Gasteiger partial charge in [-0.25, -0.2) is 9.97 Å². The predicted molar refractivity (Wildman–Crippen MR) is 98.1 cm³/mol. The van der Waals surface area contributed by atoms with Crippen molar-refractivity contribution in [3.05, 3.63) is 30.1 Å². The summed E-state index contributed by atoms with van der Waals surface area (Å²) < 4.78 is 21.2. The van der Waals surface area contributed by atoms with Crippen LogP contribution < -0.4 is 19.5 Å². The van der Waals surface area contributed by atoms with E-state index < -0.39 is 0 Å². The number of ether oxygens (including phenoxy) is 4. The molecule has 1 N–H and O–H groups in total. The number of rotatable bonds is 6. The van der Waals surface area contributed by atoms with Gasteiger partial charge in [-0.05, 0) is 0 Å². The third kappa shape index (κ3) is 4.20. The Bertz CT molecular complexity index is 766. The summed E-state index contributed by atoms with van der Waals surface area (Å²) in [6, 6.07) is 3.50. The van der Waals surface area contributed by atoms with Crippen molar-refractivity contribution >= 4 is 17.5 Å². The minimum absolute atomic E-state index is 0.0994.